The Balaban J connectivity index is 3.05. The van der Waals surface area contributed by atoms with Gasteiger partial charge in [0, 0.05) is 12.4 Å². The third kappa shape index (κ3) is 1.54. The van der Waals surface area contributed by atoms with E-state index in [2.05, 4.69) is 5.43 Å². The number of benzene rings is 1. The smallest absolute Gasteiger partial charge is 0.344 e. The van der Waals surface area contributed by atoms with Crippen LogP contribution in [0.2, 0.25) is 0 Å². The Labute approximate surface area is 95.1 Å². The molecule has 0 unspecified atom stereocenters. The third-order valence-electron chi connectivity index (χ3n) is 2.46. The highest BCUT2D eigenvalue weighted by Gasteiger charge is 2.21. The van der Waals surface area contributed by atoms with Crippen LogP contribution in [0.25, 0.3) is 10.9 Å². The second kappa shape index (κ2) is 3.89. The van der Waals surface area contributed by atoms with Crippen LogP contribution >= 0.6 is 0 Å². The molecule has 0 saturated carbocycles. The molecule has 0 aliphatic rings. The second-order valence-corrected chi connectivity index (χ2v) is 3.38. The van der Waals surface area contributed by atoms with Crippen molar-refractivity contribution < 1.29 is 14.3 Å². The van der Waals surface area contributed by atoms with Crippen molar-refractivity contribution in [1.29, 1.82) is 0 Å². The zero-order chi connectivity index (χ0) is 12.6. The highest BCUT2D eigenvalue weighted by molar-refractivity contribution is 5.92. The Morgan fingerprint density at radius 3 is 2.65 bits per heavy atom. The van der Waals surface area contributed by atoms with E-state index in [-0.39, 0.29) is 5.39 Å². The largest absolute Gasteiger partial charge is 0.477 e. The normalized spacial score (nSPS) is 10.5. The Hall–Kier alpha value is -2.37. The molecule has 1 aromatic heterocycles. The SMILES string of the molecule is CNn1c(F)c(C(=O)O)c(=O)c2ccccc21. The standard InChI is InChI=1S/C11H9FN2O3/c1-13-14-7-5-3-2-4-6(7)9(15)8(10(14)12)11(16)17/h2-5,13H,1H3,(H,16,17). The molecular weight excluding hydrogens is 227 g/mol. The summed E-state index contributed by atoms with van der Waals surface area (Å²) in [5.41, 5.74) is 1.11. The van der Waals surface area contributed by atoms with Gasteiger partial charge in [0.1, 0.15) is 0 Å². The van der Waals surface area contributed by atoms with E-state index in [9.17, 15) is 14.0 Å². The van der Waals surface area contributed by atoms with E-state index in [0.717, 1.165) is 4.68 Å². The van der Waals surface area contributed by atoms with Crippen molar-refractivity contribution in [3.63, 3.8) is 0 Å². The molecular formula is C11H9FN2O3. The number of hydrogen-bond donors (Lipinski definition) is 2. The minimum Gasteiger partial charge on any atom is -0.477 e. The molecule has 0 aliphatic carbocycles. The molecule has 0 bridgehead atoms. The number of halogens is 1. The van der Waals surface area contributed by atoms with Crippen LogP contribution in [-0.2, 0) is 0 Å². The van der Waals surface area contributed by atoms with Crippen LogP contribution in [0, 0.1) is 5.95 Å². The predicted octanol–water partition coefficient (Wildman–Crippen LogP) is 1.01. The molecule has 2 aromatic rings. The van der Waals surface area contributed by atoms with E-state index in [4.69, 9.17) is 5.11 Å². The fourth-order valence-electron chi connectivity index (χ4n) is 1.71. The minimum absolute atomic E-state index is 0.153. The zero-order valence-electron chi connectivity index (χ0n) is 8.90. The van der Waals surface area contributed by atoms with Gasteiger partial charge in [0.25, 0.3) is 0 Å². The third-order valence-corrected chi connectivity index (χ3v) is 2.46. The number of carboxylic acids is 1. The van der Waals surface area contributed by atoms with Gasteiger partial charge in [-0.25, -0.2) is 9.47 Å². The van der Waals surface area contributed by atoms with E-state index in [1.54, 1.807) is 12.1 Å². The van der Waals surface area contributed by atoms with E-state index < -0.39 is 22.9 Å². The molecule has 1 heterocycles. The molecule has 6 heteroatoms. The van der Waals surface area contributed by atoms with Crippen LogP contribution in [-0.4, -0.2) is 22.8 Å². The fourth-order valence-corrected chi connectivity index (χ4v) is 1.71. The average Bonchev–Trinajstić information content (AvgIpc) is 2.29. The topological polar surface area (TPSA) is 71.3 Å². The van der Waals surface area contributed by atoms with E-state index in [1.165, 1.54) is 19.2 Å². The summed E-state index contributed by atoms with van der Waals surface area (Å²) in [4.78, 5) is 22.7. The summed E-state index contributed by atoms with van der Waals surface area (Å²) in [5, 5.41) is 9.00. The van der Waals surface area contributed by atoms with Crippen LogP contribution < -0.4 is 10.9 Å². The van der Waals surface area contributed by atoms with Crippen molar-refractivity contribution in [1.82, 2.24) is 4.68 Å². The van der Waals surface area contributed by atoms with E-state index >= 15 is 0 Å². The van der Waals surface area contributed by atoms with Crippen molar-refractivity contribution in [2.75, 3.05) is 12.5 Å². The molecule has 1 aromatic carbocycles. The van der Waals surface area contributed by atoms with Crippen molar-refractivity contribution in [2.24, 2.45) is 0 Å². The van der Waals surface area contributed by atoms with Gasteiger partial charge in [-0.3, -0.25) is 4.79 Å². The van der Waals surface area contributed by atoms with Crippen molar-refractivity contribution in [3.05, 3.63) is 46.0 Å². The maximum atomic E-state index is 13.8. The zero-order valence-corrected chi connectivity index (χ0v) is 8.90. The monoisotopic (exact) mass is 236 g/mol. The first-order valence-corrected chi connectivity index (χ1v) is 4.82. The quantitative estimate of drug-likeness (QED) is 0.763. The Kier molecular flexibility index (Phi) is 2.55. The Morgan fingerprint density at radius 2 is 2.06 bits per heavy atom. The Bertz CT molecular complexity index is 664. The lowest BCUT2D eigenvalue weighted by Crippen LogP contribution is -2.26. The van der Waals surface area contributed by atoms with Gasteiger partial charge < -0.3 is 10.5 Å². The summed E-state index contributed by atoms with van der Waals surface area (Å²) in [5.74, 6) is -2.69. The van der Waals surface area contributed by atoms with Gasteiger partial charge in [0.05, 0.1) is 5.52 Å². The number of aromatic nitrogens is 1. The molecule has 0 fully saturated rings. The van der Waals surface area contributed by atoms with E-state index in [1.807, 2.05) is 0 Å². The highest BCUT2D eigenvalue weighted by atomic mass is 19.1. The Morgan fingerprint density at radius 1 is 1.41 bits per heavy atom. The van der Waals surface area contributed by atoms with Crippen LogP contribution in [0.4, 0.5) is 4.39 Å². The van der Waals surface area contributed by atoms with Crippen molar-refractivity contribution in [2.45, 2.75) is 0 Å². The minimum atomic E-state index is -1.58. The van der Waals surface area contributed by atoms with Gasteiger partial charge in [0.15, 0.2) is 5.56 Å². The summed E-state index contributed by atoms with van der Waals surface area (Å²) >= 11 is 0. The first-order valence-electron chi connectivity index (χ1n) is 4.82. The molecule has 2 N–H and O–H groups in total. The molecule has 2 rings (SSSR count). The lowest BCUT2D eigenvalue weighted by atomic mass is 10.1. The number of carboxylic acid groups (broad SMARTS) is 1. The molecule has 0 aliphatic heterocycles. The first kappa shape index (κ1) is 11.1. The van der Waals surface area contributed by atoms with Crippen LogP contribution in [0.1, 0.15) is 10.4 Å². The summed E-state index contributed by atoms with van der Waals surface area (Å²) in [6.45, 7) is 0. The number of hydrogen-bond acceptors (Lipinski definition) is 3. The van der Waals surface area contributed by atoms with Crippen LogP contribution in [0.3, 0.4) is 0 Å². The van der Waals surface area contributed by atoms with Gasteiger partial charge in [-0.15, -0.1) is 0 Å². The van der Waals surface area contributed by atoms with Gasteiger partial charge in [-0.2, -0.15) is 4.39 Å². The second-order valence-electron chi connectivity index (χ2n) is 3.38. The lowest BCUT2D eigenvalue weighted by Gasteiger charge is -2.12. The van der Waals surface area contributed by atoms with Gasteiger partial charge >= 0.3 is 5.97 Å². The summed E-state index contributed by atoms with van der Waals surface area (Å²) < 4.78 is 14.8. The molecule has 17 heavy (non-hydrogen) atoms. The molecule has 88 valence electrons. The molecule has 0 saturated heterocycles. The number of para-hydroxylation sites is 1. The first-order chi connectivity index (χ1) is 8.07. The molecule has 5 nitrogen and oxygen atoms in total. The molecule has 0 amide bonds. The van der Waals surface area contributed by atoms with Crippen molar-refractivity contribution >= 4 is 16.9 Å². The number of carbonyl (C=O) groups is 1. The van der Waals surface area contributed by atoms with Gasteiger partial charge in [-0.05, 0) is 12.1 Å². The van der Waals surface area contributed by atoms with Crippen molar-refractivity contribution in [3.8, 4) is 0 Å². The number of nitrogens with zero attached hydrogens (tertiary/aromatic N) is 1. The highest BCUT2D eigenvalue weighted by Crippen LogP contribution is 2.13. The predicted molar refractivity (Wildman–Crippen MR) is 60.4 cm³/mol. The summed E-state index contributed by atoms with van der Waals surface area (Å²) in [6.07, 6.45) is 0. The number of aromatic carboxylic acids is 1. The fraction of sp³-hybridized carbons (Fsp3) is 0.0909. The molecule has 0 radical (unpaired) electrons. The summed E-state index contributed by atoms with van der Waals surface area (Å²) in [7, 11) is 1.44. The number of nitrogens with one attached hydrogen (secondary N) is 1. The maximum absolute atomic E-state index is 13.8. The number of fused-ring (bicyclic) bond motifs is 1. The lowest BCUT2D eigenvalue weighted by molar-refractivity contribution is 0.0688. The molecule has 0 spiro atoms. The number of rotatable bonds is 2. The molecule has 0 atom stereocenters. The van der Waals surface area contributed by atoms with Crippen LogP contribution in [0.15, 0.2) is 29.1 Å². The van der Waals surface area contributed by atoms with Crippen LogP contribution in [0.5, 0.6) is 0 Å². The maximum Gasteiger partial charge on any atom is 0.344 e. The van der Waals surface area contributed by atoms with Gasteiger partial charge in [-0.1, -0.05) is 12.1 Å². The van der Waals surface area contributed by atoms with E-state index in [0.29, 0.717) is 5.52 Å². The average molecular weight is 236 g/mol. The number of pyridine rings is 1. The summed E-state index contributed by atoms with van der Waals surface area (Å²) in [6, 6.07) is 6.21. The van der Waals surface area contributed by atoms with Gasteiger partial charge in [0.2, 0.25) is 11.4 Å².